The molecule has 2 bridgehead atoms. The van der Waals surface area contributed by atoms with Gasteiger partial charge in [-0.3, -0.25) is 9.88 Å². The molecule has 1 N–H and O–H groups in total. The third-order valence-corrected chi connectivity index (χ3v) is 9.43. The van der Waals surface area contributed by atoms with Gasteiger partial charge in [-0.2, -0.15) is 26.3 Å². The van der Waals surface area contributed by atoms with Crippen LogP contribution >= 0.6 is 0 Å². The fraction of sp³-hybridized carbons (Fsp3) is 0.393. The van der Waals surface area contributed by atoms with E-state index in [4.69, 9.17) is 4.74 Å². The van der Waals surface area contributed by atoms with Gasteiger partial charge < -0.3 is 4.74 Å². The highest BCUT2D eigenvalue weighted by Crippen LogP contribution is 2.43. The molecule has 0 saturated carbocycles. The Hall–Kier alpha value is -3.16. The van der Waals surface area contributed by atoms with Crippen LogP contribution in [0.4, 0.5) is 26.3 Å². The number of piperidine rings is 3. The van der Waals surface area contributed by atoms with E-state index in [9.17, 15) is 34.8 Å². The van der Waals surface area contributed by atoms with Crippen LogP contribution in [-0.4, -0.2) is 44.5 Å². The number of hydrogen-bond acceptors (Lipinski definition) is 5. The van der Waals surface area contributed by atoms with Gasteiger partial charge in [-0.25, -0.2) is 13.1 Å². The second-order valence-electron chi connectivity index (χ2n) is 10.4. The molecule has 0 aliphatic carbocycles. The van der Waals surface area contributed by atoms with E-state index in [0.29, 0.717) is 41.7 Å². The summed E-state index contributed by atoms with van der Waals surface area (Å²) in [6.07, 6.45) is -5.64. The largest absolute Gasteiger partial charge is 0.497 e. The van der Waals surface area contributed by atoms with Crippen LogP contribution in [0.3, 0.4) is 0 Å². The molecular weight excluding hydrogens is 572 g/mol. The lowest BCUT2D eigenvalue weighted by atomic mass is 9.73. The summed E-state index contributed by atoms with van der Waals surface area (Å²) < 4.78 is 116. The highest BCUT2D eigenvalue weighted by atomic mass is 32.2. The molecule has 3 aliphatic heterocycles. The molecule has 3 aromatic rings. The number of rotatable bonds is 7. The lowest BCUT2D eigenvalue weighted by Crippen LogP contribution is -2.57. The SMILES string of the molecule is C=C[C@H]1CN2CC[C@H]1C[C@@H]2C(NS(=O)(=O)c1cc(C(F)(F)F)cc(C(F)(F)F)c1)c1ccnc2ccc(OC)cc12. The van der Waals surface area contributed by atoms with Gasteiger partial charge >= 0.3 is 12.4 Å². The Morgan fingerprint density at radius 2 is 1.76 bits per heavy atom. The minimum atomic E-state index is -5.20. The Kier molecular flexibility index (Phi) is 7.58. The van der Waals surface area contributed by atoms with Crippen molar-refractivity contribution in [2.75, 3.05) is 20.2 Å². The maximum absolute atomic E-state index is 13.7. The zero-order chi connectivity index (χ0) is 29.7. The zero-order valence-electron chi connectivity index (χ0n) is 21.8. The van der Waals surface area contributed by atoms with E-state index in [0.717, 1.165) is 6.42 Å². The molecule has 3 aliphatic rings. The molecule has 4 heterocycles. The average Bonchev–Trinajstić information content (AvgIpc) is 2.94. The molecule has 6 rings (SSSR count). The minimum Gasteiger partial charge on any atom is -0.497 e. The van der Waals surface area contributed by atoms with Gasteiger partial charge in [-0.15, -0.1) is 6.58 Å². The molecule has 13 heteroatoms. The molecule has 2 unspecified atom stereocenters. The third kappa shape index (κ3) is 5.80. The highest BCUT2D eigenvalue weighted by molar-refractivity contribution is 7.89. The first-order valence-electron chi connectivity index (χ1n) is 12.8. The number of alkyl halides is 6. The van der Waals surface area contributed by atoms with Crippen molar-refractivity contribution in [2.45, 2.75) is 42.2 Å². The van der Waals surface area contributed by atoms with Crippen LogP contribution in [0, 0.1) is 11.8 Å². The van der Waals surface area contributed by atoms with Crippen LogP contribution in [0.15, 0.2) is 66.2 Å². The van der Waals surface area contributed by atoms with Crippen LogP contribution < -0.4 is 9.46 Å². The normalized spacial score (nSPS) is 23.9. The van der Waals surface area contributed by atoms with Crippen molar-refractivity contribution in [3.63, 3.8) is 0 Å². The monoisotopic (exact) mass is 599 g/mol. The van der Waals surface area contributed by atoms with E-state index in [-0.39, 0.29) is 30.0 Å². The Morgan fingerprint density at radius 1 is 1.07 bits per heavy atom. The van der Waals surface area contributed by atoms with E-state index in [2.05, 4.69) is 21.2 Å². The molecule has 5 atom stereocenters. The molecule has 3 saturated heterocycles. The number of pyridine rings is 1. The number of ether oxygens (including phenoxy) is 1. The van der Waals surface area contributed by atoms with Crippen LogP contribution in [-0.2, 0) is 22.4 Å². The van der Waals surface area contributed by atoms with Crippen molar-refractivity contribution in [1.29, 1.82) is 0 Å². The van der Waals surface area contributed by atoms with Crippen LogP contribution in [0.1, 0.15) is 35.6 Å². The van der Waals surface area contributed by atoms with Crippen molar-refractivity contribution >= 4 is 20.9 Å². The molecule has 41 heavy (non-hydrogen) atoms. The zero-order valence-corrected chi connectivity index (χ0v) is 22.7. The summed E-state index contributed by atoms with van der Waals surface area (Å²) in [5.74, 6) is 0.852. The van der Waals surface area contributed by atoms with Gasteiger partial charge in [0.15, 0.2) is 0 Å². The van der Waals surface area contributed by atoms with E-state index in [1.807, 2.05) is 6.08 Å². The van der Waals surface area contributed by atoms with Gasteiger partial charge in [0.25, 0.3) is 0 Å². The van der Waals surface area contributed by atoms with E-state index < -0.39 is 50.5 Å². The standard InChI is InChI=1S/C28H27F6N3O3S/c1-3-16-15-37-9-7-17(16)10-25(37)26(22-6-8-35-24-5-4-20(40-2)14-23(22)24)36-41(38,39)21-12-18(27(29,30)31)11-19(13-21)28(32,33)34/h3-6,8,11-14,16-17,25-26,36H,1,7,9-10,15H2,2H3/t16-,17-,25+,26?/m0/s1. The van der Waals surface area contributed by atoms with E-state index in [1.54, 1.807) is 24.3 Å². The van der Waals surface area contributed by atoms with Gasteiger partial charge in [-0.1, -0.05) is 6.08 Å². The van der Waals surface area contributed by atoms with Crippen molar-refractivity contribution in [3.8, 4) is 5.75 Å². The minimum absolute atomic E-state index is 0.0968. The molecule has 0 radical (unpaired) electrons. The number of hydrogen-bond donors (Lipinski definition) is 1. The Morgan fingerprint density at radius 3 is 2.32 bits per heavy atom. The molecule has 2 aromatic carbocycles. The lowest BCUT2D eigenvalue weighted by molar-refractivity contribution is -0.143. The predicted octanol–water partition coefficient (Wildman–Crippen LogP) is 6.20. The van der Waals surface area contributed by atoms with Gasteiger partial charge in [0.2, 0.25) is 10.0 Å². The second kappa shape index (κ2) is 10.6. The van der Waals surface area contributed by atoms with Crippen molar-refractivity contribution < 1.29 is 39.5 Å². The number of aromatic nitrogens is 1. The maximum atomic E-state index is 13.7. The van der Waals surface area contributed by atoms with E-state index >= 15 is 0 Å². The fourth-order valence-corrected chi connectivity index (χ4v) is 7.25. The Labute approximate surface area is 233 Å². The van der Waals surface area contributed by atoms with Crippen molar-refractivity contribution in [2.24, 2.45) is 11.8 Å². The molecule has 6 nitrogen and oxygen atoms in total. The van der Waals surface area contributed by atoms with Gasteiger partial charge in [0.1, 0.15) is 5.75 Å². The number of fused-ring (bicyclic) bond motifs is 4. The summed E-state index contributed by atoms with van der Waals surface area (Å²) in [6, 6.07) is 5.56. The van der Waals surface area contributed by atoms with Gasteiger partial charge in [-0.05, 0) is 79.3 Å². The predicted molar refractivity (Wildman–Crippen MR) is 140 cm³/mol. The smallest absolute Gasteiger partial charge is 0.416 e. The first-order valence-corrected chi connectivity index (χ1v) is 14.3. The van der Waals surface area contributed by atoms with Crippen molar-refractivity contribution in [1.82, 2.24) is 14.6 Å². The Balaban J connectivity index is 1.65. The molecule has 0 amide bonds. The molecule has 0 spiro atoms. The number of nitrogens with zero attached hydrogens (tertiary/aromatic N) is 2. The van der Waals surface area contributed by atoms with Gasteiger partial charge in [0, 0.05) is 24.2 Å². The fourth-order valence-electron chi connectivity index (χ4n) is 5.93. The number of benzene rings is 2. The van der Waals surface area contributed by atoms with Crippen molar-refractivity contribution in [3.05, 3.63) is 78.0 Å². The van der Waals surface area contributed by atoms with E-state index in [1.165, 1.54) is 13.3 Å². The molecular formula is C28H27F6N3O3S. The average molecular weight is 600 g/mol. The number of halogens is 6. The number of methoxy groups -OCH3 is 1. The first kappa shape index (κ1) is 29.3. The topological polar surface area (TPSA) is 71.5 Å². The molecule has 1 aromatic heterocycles. The number of sulfonamides is 1. The summed E-state index contributed by atoms with van der Waals surface area (Å²) >= 11 is 0. The van der Waals surface area contributed by atoms with Gasteiger partial charge in [0.05, 0.1) is 34.7 Å². The highest BCUT2D eigenvalue weighted by Gasteiger charge is 2.45. The van der Waals surface area contributed by atoms with Crippen LogP contribution in [0.5, 0.6) is 5.75 Å². The summed E-state index contributed by atoms with van der Waals surface area (Å²) in [5, 5.41) is 0.544. The number of nitrogens with one attached hydrogen (secondary N) is 1. The summed E-state index contributed by atoms with van der Waals surface area (Å²) in [7, 11) is -3.43. The first-order chi connectivity index (χ1) is 19.2. The third-order valence-electron chi connectivity index (χ3n) is 8.01. The maximum Gasteiger partial charge on any atom is 0.416 e. The molecule has 3 fully saturated rings. The lowest BCUT2D eigenvalue weighted by Gasteiger charge is -2.51. The van der Waals surface area contributed by atoms with Crippen LogP contribution in [0.2, 0.25) is 0 Å². The summed E-state index contributed by atoms with van der Waals surface area (Å²) in [5.41, 5.74) is -2.42. The quantitative estimate of drug-likeness (QED) is 0.259. The second-order valence-corrected chi connectivity index (χ2v) is 12.1. The summed E-state index contributed by atoms with van der Waals surface area (Å²) in [6.45, 7) is 5.16. The Bertz CT molecular complexity index is 1540. The van der Waals surface area contributed by atoms with Crippen LogP contribution in [0.25, 0.3) is 10.9 Å². The molecule has 220 valence electrons. The summed E-state index contributed by atoms with van der Waals surface area (Å²) in [4.78, 5) is 5.31.